The summed E-state index contributed by atoms with van der Waals surface area (Å²) >= 11 is 0. The molecule has 2 rings (SSSR count). The zero-order valence-corrected chi connectivity index (χ0v) is 13.5. The summed E-state index contributed by atoms with van der Waals surface area (Å²) in [7, 11) is 1.81. The van der Waals surface area contributed by atoms with Crippen molar-refractivity contribution >= 4 is 5.91 Å². The molecule has 0 aromatic heterocycles. The summed E-state index contributed by atoms with van der Waals surface area (Å²) in [5.74, 6) is 0.697. The molecule has 2 aromatic rings. The van der Waals surface area contributed by atoms with Crippen molar-refractivity contribution in [2.75, 3.05) is 13.7 Å². The van der Waals surface area contributed by atoms with Crippen LogP contribution in [0.25, 0.3) is 0 Å². The van der Waals surface area contributed by atoms with Gasteiger partial charge in [-0.25, -0.2) is 0 Å². The van der Waals surface area contributed by atoms with Crippen LogP contribution in [-0.2, 0) is 11.2 Å². The van der Waals surface area contributed by atoms with Gasteiger partial charge in [-0.05, 0) is 36.6 Å². The number of ether oxygens (including phenoxy) is 1. The van der Waals surface area contributed by atoms with E-state index >= 15 is 0 Å². The van der Waals surface area contributed by atoms with E-state index in [2.05, 4.69) is 6.92 Å². The molecule has 0 N–H and O–H groups in total. The second kappa shape index (κ2) is 7.64. The Hall–Kier alpha value is -2.29. The van der Waals surface area contributed by atoms with E-state index in [0.717, 1.165) is 17.7 Å². The highest BCUT2D eigenvalue weighted by atomic mass is 16.5. The Bertz CT molecular complexity index is 593. The fraction of sp³-hybridized carbons (Fsp3) is 0.316. The standard InChI is InChI=1S/C19H23NO2/c1-4-16-10-12-18(13-11-16)22-14-19(21)20(3)15(2)17-8-6-5-7-9-17/h5-13,15H,4,14H2,1-3H3. The van der Waals surface area contributed by atoms with E-state index in [1.165, 1.54) is 5.56 Å². The van der Waals surface area contributed by atoms with Crippen molar-refractivity contribution in [1.82, 2.24) is 4.90 Å². The lowest BCUT2D eigenvalue weighted by atomic mass is 10.1. The summed E-state index contributed by atoms with van der Waals surface area (Å²) in [5, 5.41) is 0. The number of likely N-dealkylation sites (N-methyl/N-ethyl adjacent to an activating group) is 1. The predicted octanol–water partition coefficient (Wildman–Crippen LogP) is 3.85. The van der Waals surface area contributed by atoms with Crippen molar-refractivity contribution in [3.05, 3.63) is 65.7 Å². The minimum absolute atomic E-state index is 0.0276. The molecule has 0 aliphatic rings. The molecular formula is C19H23NO2. The van der Waals surface area contributed by atoms with Crippen LogP contribution in [0.3, 0.4) is 0 Å². The lowest BCUT2D eigenvalue weighted by molar-refractivity contribution is -0.134. The van der Waals surface area contributed by atoms with Crippen LogP contribution in [0.4, 0.5) is 0 Å². The molecule has 22 heavy (non-hydrogen) atoms. The maximum Gasteiger partial charge on any atom is 0.260 e. The smallest absolute Gasteiger partial charge is 0.260 e. The van der Waals surface area contributed by atoms with Gasteiger partial charge in [-0.3, -0.25) is 4.79 Å². The third-order valence-corrected chi connectivity index (χ3v) is 3.95. The summed E-state index contributed by atoms with van der Waals surface area (Å²) in [6.07, 6.45) is 0.997. The highest BCUT2D eigenvalue weighted by Crippen LogP contribution is 2.19. The highest BCUT2D eigenvalue weighted by molar-refractivity contribution is 5.78. The van der Waals surface area contributed by atoms with Gasteiger partial charge in [0.05, 0.1) is 6.04 Å². The van der Waals surface area contributed by atoms with Gasteiger partial charge in [-0.1, -0.05) is 49.4 Å². The largest absolute Gasteiger partial charge is 0.484 e. The molecule has 1 amide bonds. The Kier molecular flexibility index (Phi) is 5.59. The van der Waals surface area contributed by atoms with Crippen molar-refractivity contribution < 1.29 is 9.53 Å². The maximum absolute atomic E-state index is 12.3. The fourth-order valence-corrected chi connectivity index (χ4v) is 2.24. The van der Waals surface area contributed by atoms with Crippen molar-refractivity contribution in [3.63, 3.8) is 0 Å². The number of nitrogens with zero attached hydrogens (tertiary/aromatic N) is 1. The van der Waals surface area contributed by atoms with Crippen LogP contribution in [0.1, 0.15) is 31.0 Å². The predicted molar refractivity (Wildman–Crippen MR) is 88.9 cm³/mol. The third-order valence-electron chi connectivity index (χ3n) is 3.95. The van der Waals surface area contributed by atoms with Gasteiger partial charge in [-0.2, -0.15) is 0 Å². The molecule has 1 unspecified atom stereocenters. The van der Waals surface area contributed by atoms with Gasteiger partial charge in [-0.15, -0.1) is 0 Å². The van der Waals surface area contributed by atoms with Crippen LogP contribution in [0.2, 0.25) is 0 Å². The van der Waals surface area contributed by atoms with Gasteiger partial charge in [0, 0.05) is 7.05 Å². The molecule has 0 spiro atoms. The van der Waals surface area contributed by atoms with Crippen LogP contribution >= 0.6 is 0 Å². The fourth-order valence-electron chi connectivity index (χ4n) is 2.24. The molecule has 0 saturated heterocycles. The summed E-state index contributed by atoms with van der Waals surface area (Å²) in [6, 6.07) is 17.9. The Morgan fingerprint density at radius 1 is 1.09 bits per heavy atom. The van der Waals surface area contributed by atoms with E-state index in [0.29, 0.717) is 0 Å². The van der Waals surface area contributed by atoms with Gasteiger partial charge in [0.1, 0.15) is 5.75 Å². The first-order valence-corrected chi connectivity index (χ1v) is 7.64. The zero-order chi connectivity index (χ0) is 15.9. The van der Waals surface area contributed by atoms with Crippen LogP contribution < -0.4 is 4.74 Å². The van der Waals surface area contributed by atoms with Crippen molar-refractivity contribution in [1.29, 1.82) is 0 Å². The molecule has 3 heteroatoms. The Balaban J connectivity index is 1.90. The average molecular weight is 297 g/mol. The highest BCUT2D eigenvalue weighted by Gasteiger charge is 2.17. The summed E-state index contributed by atoms with van der Waals surface area (Å²) in [5.41, 5.74) is 2.37. The second-order valence-corrected chi connectivity index (χ2v) is 5.38. The Labute approximate surface area is 132 Å². The monoisotopic (exact) mass is 297 g/mol. The van der Waals surface area contributed by atoms with Crippen LogP contribution in [-0.4, -0.2) is 24.5 Å². The Morgan fingerprint density at radius 2 is 1.73 bits per heavy atom. The van der Waals surface area contributed by atoms with Gasteiger partial charge >= 0.3 is 0 Å². The minimum atomic E-state index is -0.0316. The molecule has 0 aliphatic heterocycles. The van der Waals surface area contributed by atoms with Crippen molar-refractivity contribution in [2.45, 2.75) is 26.3 Å². The normalized spacial score (nSPS) is 11.8. The first kappa shape index (κ1) is 16.1. The number of aryl methyl sites for hydroxylation is 1. The SMILES string of the molecule is CCc1ccc(OCC(=O)N(C)C(C)c2ccccc2)cc1. The van der Waals surface area contributed by atoms with Crippen LogP contribution in [0.5, 0.6) is 5.75 Å². The second-order valence-electron chi connectivity index (χ2n) is 5.38. The average Bonchev–Trinajstić information content (AvgIpc) is 2.59. The molecule has 0 heterocycles. The van der Waals surface area contributed by atoms with Crippen molar-refractivity contribution in [3.8, 4) is 5.75 Å². The summed E-state index contributed by atoms with van der Waals surface area (Å²) in [6.45, 7) is 4.18. The summed E-state index contributed by atoms with van der Waals surface area (Å²) in [4.78, 5) is 14.0. The number of carbonyl (C=O) groups excluding carboxylic acids is 1. The molecular weight excluding hydrogens is 274 g/mol. The number of rotatable bonds is 6. The summed E-state index contributed by atoms with van der Waals surface area (Å²) < 4.78 is 5.58. The molecule has 0 bridgehead atoms. The van der Waals surface area contributed by atoms with E-state index in [1.54, 1.807) is 4.90 Å². The van der Waals surface area contributed by atoms with Gasteiger partial charge in [0.15, 0.2) is 6.61 Å². The van der Waals surface area contributed by atoms with E-state index in [1.807, 2.05) is 68.6 Å². The first-order chi connectivity index (χ1) is 10.6. The third kappa shape index (κ3) is 4.10. The lowest BCUT2D eigenvalue weighted by Gasteiger charge is -2.25. The van der Waals surface area contributed by atoms with E-state index in [9.17, 15) is 4.79 Å². The molecule has 3 nitrogen and oxygen atoms in total. The van der Waals surface area contributed by atoms with E-state index in [-0.39, 0.29) is 18.6 Å². The minimum Gasteiger partial charge on any atom is -0.484 e. The lowest BCUT2D eigenvalue weighted by Crippen LogP contribution is -2.33. The Morgan fingerprint density at radius 3 is 2.32 bits per heavy atom. The number of carbonyl (C=O) groups is 1. The van der Waals surface area contributed by atoms with Gasteiger partial charge in [0.25, 0.3) is 5.91 Å². The number of amides is 1. The quantitative estimate of drug-likeness (QED) is 0.810. The van der Waals surface area contributed by atoms with Crippen molar-refractivity contribution in [2.24, 2.45) is 0 Å². The number of hydrogen-bond acceptors (Lipinski definition) is 2. The van der Waals surface area contributed by atoms with Gasteiger partial charge < -0.3 is 9.64 Å². The zero-order valence-electron chi connectivity index (χ0n) is 13.5. The first-order valence-electron chi connectivity index (χ1n) is 7.64. The van der Waals surface area contributed by atoms with Crippen LogP contribution in [0, 0.1) is 0 Å². The molecule has 2 aromatic carbocycles. The molecule has 0 radical (unpaired) electrons. The van der Waals surface area contributed by atoms with Crippen LogP contribution in [0.15, 0.2) is 54.6 Å². The molecule has 0 aliphatic carbocycles. The topological polar surface area (TPSA) is 29.5 Å². The van der Waals surface area contributed by atoms with E-state index < -0.39 is 0 Å². The number of hydrogen-bond donors (Lipinski definition) is 0. The number of benzene rings is 2. The molecule has 0 fully saturated rings. The van der Waals surface area contributed by atoms with E-state index in [4.69, 9.17) is 4.74 Å². The molecule has 0 saturated carbocycles. The van der Waals surface area contributed by atoms with Gasteiger partial charge in [0.2, 0.25) is 0 Å². The molecule has 116 valence electrons. The molecule has 1 atom stereocenters. The maximum atomic E-state index is 12.3.